The minimum Gasteiger partial charge on any atom is -0.359 e. The number of carbonyl (C=O) groups excluding carboxylic acids is 1. The van der Waals surface area contributed by atoms with Gasteiger partial charge >= 0.3 is 0 Å². The number of rotatable bonds is 4. The Bertz CT molecular complexity index is 825. The first-order valence-electron chi connectivity index (χ1n) is 8.04. The van der Waals surface area contributed by atoms with E-state index in [0.29, 0.717) is 5.69 Å². The van der Waals surface area contributed by atoms with E-state index in [1.165, 1.54) is 23.8 Å². The molecule has 1 amide bonds. The highest BCUT2D eigenvalue weighted by Crippen LogP contribution is 2.31. The largest absolute Gasteiger partial charge is 0.359 e. The number of carbonyl (C=O) groups is 1. The molecule has 1 aliphatic rings. The SMILES string of the molecule is C[C@H]1CCc2ccccc2N1CC(=O)Nc1ccc([N+](=O)[O-])cc1Cl. The lowest BCUT2D eigenvalue weighted by Gasteiger charge is -2.36. The van der Waals surface area contributed by atoms with Gasteiger partial charge < -0.3 is 10.2 Å². The lowest BCUT2D eigenvalue weighted by molar-refractivity contribution is -0.384. The maximum Gasteiger partial charge on any atom is 0.271 e. The van der Waals surface area contributed by atoms with E-state index >= 15 is 0 Å². The van der Waals surface area contributed by atoms with Crippen molar-refractivity contribution >= 4 is 34.6 Å². The Morgan fingerprint density at radius 2 is 2.12 bits per heavy atom. The molecule has 0 aromatic heterocycles. The van der Waals surface area contributed by atoms with Gasteiger partial charge in [-0.25, -0.2) is 0 Å². The minimum atomic E-state index is -0.524. The molecule has 0 bridgehead atoms. The zero-order chi connectivity index (χ0) is 18.0. The summed E-state index contributed by atoms with van der Waals surface area (Å²) in [5, 5.41) is 13.6. The standard InChI is InChI=1S/C18H18ClN3O3/c1-12-6-7-13-4-2-3-5-17(13)21(12)11-18(23)20-16-9-8-14(22(24)25)10-15(16)19/h2-5,8-10,12H,6-7,11H2,1H3,(H,20,23)/t12-/m0/s1. The third-order valence-corrected chi connectivity index (χ3v) is 4.73. The van der Waals surface area contributed by atoms with Crippen LogP contribution >= 0.6 is 11.6 Å². The Kier molecular flexibility index (Phi) is 4.90. The van der Waals surface area contributed by atoms with Crippen LogP contribution in [0.2, 0.25) is 5.02 Å². The van der Waals surface area contributed by atoms with Crippen molar-refractivity contribution in [2.75, 3.05) is 16.8 Å². The Morgan fingerprint density at radius 1 is 1.36 bits per heavy atom. The van der Waals surface area contributed by atoms with E-state index < -0.39 is 4.92 Å². The number of nitro benzene ring substituents is 1. The third-order valence-electron chi connectivity index (χ3n) is 4.42. The molecule has 3 rings (SSSR count). The van der Waals surface area contributed by atoms with Crippen molar-refractivity contribution in [2.45, 2.75) is 25.8 Å². The molecule has 7 heteroatoms. The molecule has 2 aromatic carbocycles. The molecule has 0 radical (unpaired) electrons. The van der Waals surface area contributed by atoms with E-state index in [1.807, 2.05) is 18.2 Å². The van der Waals surface area contributed by atoms with E-state index in [2.05, 4.69) is 23.2 Å². The molecule has 2 aromatic rings. The van der Waals surface area contributed by atoms with Crippen molar-refractivity contribution in [1.29, 1.82) is 0 Å². The number of nitrogens with one attached hydrogen (secondary N) is 1. The van der Waals surface area contributed by atoms with E-state index in [0.717, 1.165) is 18.5 Å². The third kappa shape index (κ3) is 3.74. The van der Waals surface area contributed by atoms with E-state index in [4.69, 9.17) is 11.6 Å². The van der Waals surface area contributed by atoms with Gasteiger partial charge in [-0.05, 0) is 37.5 Å². The molecular formula is C18H18ClN3O3. The number of fused-ring (bicyclic) bond motifs is 1. The summed E-state index contributed by atoms with van der Waals surface area (Å²) in [6, 6.07) is 12.3. The highest BCUT2D eigenvalue weighted by molar-refractivity contribution is 6.34. The van der Waals surface area contributed by atoms with Crippen LogP contribution in [0, 0.1) is 10.1 Å². The molecule has 1 N–H and O–H groups in total. The van der Waals surface area contributed by atoms with Gasteiger partial charge in [0.1, 0.15) is 0 Å². The fraction of sp³-hybridized carbons (Fsp3) is 0.278. The van der Waals surface area contributed by atoms with Gasteiger partial charge in [-0.1, -0.05) is 29.8 Å². The normalized spacial score (nSPS) is 16.2. The van der Waals surface area contributed by atoms with Gasteiger partial charge in [0.25, 0.3) is 5.69 Å². The summed E-state index contributed by atoms with van der Waals surface area (Å²) in [6.45, 7) is 2.30. The van der Waals surface area contributed by atoms with E-state index in [1.54, 1.807) is 0 Å². The Labute approximate surface area is 150 Å². The number of nitrogens with zero attached hydrogens (tertiary/aromatic N) is 2. The summed E-state index contributed by atoms with van der Waals surface area (Å²) in [6.07, 6.45) is 1.99. The minimum absolute atomic E-state index is 0.110. The quantitative estimate of drug-likeness (QED) is 0.660. The molecule has 0 spiro atoms. The van der Waals surface area contributed by atoms with E-state index in [9.17, 15) is 14.9 Å². The summed E-state index contributed by atoms with van der Waals surface area (Å²) in [7, 11) is 0. The predicted octanol–water partition coefficient (Wildman–Crippen LogP) is 4.03. The van der Waals surface area contributed by atoms with Crippen molar-refractivity contribution in [3.8, 4) is 0 Å². The number of halogens is 1. The molecule has 25 heavy (non-hydrogen) atoms. The van der Waals surface area contributed by atoms with Crippen LogP contribution in [0.1, 0.15) is 18.9 Å². The summed E-state index contributed by atoms with van der Waals surface area (Å²) < 4.78 is 0. The highest BCUT2D eigenvalue weighted by Gasteiger charge is 2.24. The lowest BCUT2D eigenvalue weighted by atomic mass is 9.96. The predicted molar refractivity (Wildman–Crippen MR) is 98.3 cm³/mol. The van der Waals surface area contributed by atoms with Gasteiger partial charge in [-0.2, -0.15) is 0 Å². The van der Waals surface area contributed by atoms with Crippen molar-refractivity contribution in [1.82, 2.24) is 0 Å². The number of benzene rings is 2. The number of aryl methyl sites for hydroxylation is 1. The first-order valence-corrected chi connectivity index (χ1v) is 8.42. The number of nitro groups is 1. The average molecular weight is 360 g/mol. The van der Waals surface area contributed by atoms with Crippen LogP contribution < -0.4 is 10.2 Å². The Hall–Kier alpha value is -2.60. The molecule has 130 valence electrons. The van der Waals surface area contributed by atoms with Gasteiger partial charge in [-0.15, -0.1) is 0 Å². The number of para-hydroxylation sites is 1. The maximum absolute atomic E-state index is 12.5. The molecule has 0 saturated carbocycles. The van der Waals surface area contributed by atoms with Crippen LogP contribution in [0.5, 0.6) is 0 Å². The molecular weight excluding hydrogens is 342 g/mol. The molecule has 0 aliphatic carbocycles. The van der Waals surface area contributed by atoms with Gasteiger partial charge in [0, 0.05) is 23.9 Å². The van der Waals surface area contributed by atoms with Crippen molar-refractivity contribution < 1.29 is 9.72 Å². The number of amides is 1. The highest BCUT2D eigenvalue weighted by atomic mass is 35.5. The van der Waals surface area contributed by atoms with Crippen LogP contribution in [-0.4, -0.2) is 23.4 Å². The van der Waals surface area contributed by atoms with Gasteiger partial charge in [0.15, 0.2) is 0 Å². The molecule has 6 nitrogen and oxygen atoms in total. The van der Waals surface area contributed by atoms with Gasteiger partial charge in [-0.3, -0.25) is 14.9 Å². The summed E-state index contributed by atoms with van der Waals surface area (Å²) >= 11 is 6.04. The van der Waals surface area contributed by atoms with Crippen LogP contribution in [0.4, 0.5) is 17.1 Å². The number of hydrogen-bond acceptors (Lipinski definition) is 4. The second-order valence-corrected chi connectivity index (χ2v) is 6.52. The molecule has 1 aliphatic heterocycles. The van der Waals surface area contributed by atoms with Crippen LogP contribution in [-0.2, 0) is 11.2 Å². The number of hydrogen-bond donors (Lipinski definition) is 1. The van der Waals surface area contributed by atoms with Crippen LogP contribution in [0.15, 0.2) is 42.5 Å². The molecule has 1 heterocycles. The first kappa shape index (κ1) is 17.2. The van der Waals surface area contributed by atoms with Crippen molar-refractivity contribution in [3.05, 3.63) is 63.2 Å². The van der Waals surface area contributed by atoms with Gasteiger partial charge in [0.2, 0.25) is 5.91 Å². The zero-order valence-electron chi connectivity index (χ0n) is 13.7. The van der Waals surface area contributed by atoms with E-state index in [-0.39, 0.29) is 29.2 Å². The number of non-ortho nitro benzene ring substituents is 1. The monoisotopic (exact) mass is 359 g/mol. The Morgan fingerprint density at radius 3 is 2.84 bits per heavy atom. The smallest absolute Gasteiger partial charge is 0.271 e. The number of anilines is 2. The molecule has 0 fully saturated rings. The fourth-order valence-corrected chi connectivity index (χ4v) is 3.29. The molecule has 0 unspecified atom stereocenters. The second-order valence-electron chi connectivity index (χ2n) is 6.11. The van der Waals surface area contributed by atoms with Crippen molar-refractivity contribution in [3.63, 3.8) is 0 Å². The summed E-state index contributed by atoms with van der Waals surface area (Å²) in [4.78, 5) is 24.8. The first-order chi connectivity index (χ1) is 12.0. The lowest BCUT2D eigenvalue weighted by Crippen LogP contribution is -2.42. The maximum atomic E-state index is 12.5. The second kappa shape index (κ2) is 7.11. The molecule has 1 atom stereocenters. The topological polar surface area (TPSA) is 75.5 Å². The van der Waals surface area contributed by atoms with Crippen molar-refractivity contribution in [2.24, 2.45) is 0 Å². The van der Waals surface area contributed by atoms with Crippen LogP contribution in [0.3, 0.4) is 0 Å². The Balaban J connectivity index is 1.74. The fourth-order valence-electron chi connectivity index (χ4n) is 3.06. The van der Waals surface area contributed by atoms with Gasteiger partial charge in [0.05, 0.1) is 22.2 Å². The molecule has 0 saturated heterocycles. The van der Waals surface area contributed by atoms with Crippen LogP contribution in [0.25, 0.3) is 0 Å². The summed E-state index contributed by atoms with van der Waals surface area (Å²) in [5.74, 6) is -0.209. The zero-order valence-corrected chi connectivity index (χ0v) is 14.5. The summed E-state index contributed by atoms with van der Waals surface area (Å²) in [5.41, 5.74) is 2.57. The average Bonchev–Trinajstić information content (AvgIpc) is 2.59.